The van der Waals surface area contributed by atoms with Crippen LogP contribution in [0, 0.1) is 10.1 Å². The third-order valence-corrected chi connectivity index (χ3v) is 3.03. The van der Waals surface area contributed by atoms with Gasteiger partial charge in [0, 0.05) is 25.1 Å². The van der Waals surface area contributed by atoms with Gasteiger partial charge in [0.2, 0.25) is 5.15 Å². The van der Waals surface area contributed by atoms with Crippen LogP contribution in [0.15, 0.2) is 36.8 Å². The molecule has 0 radical (unpaired) electrons. The highest BCUT2D eigenvalue weighted by atomic mass is 35.5. The lowest BCUT2D eigenvalue weighted by atomic mass is 10.2. The first-order valence-corrected chi connectivity index (χ1v) is 6.43. The molecule has 0 saturated heterocycles. The van der Waals surface area contributed by atoms with Crippen molar-refractivity contribution < 1.29 is 9.72 Å². The van der Waals surface area contributed by atoms with Crippen LogP contribution in [0.1, 0.15) is 15.9 Å². The minimum Gasteiger partial charge on any atom is -0.351 e. The van der Waals surface area contributed by atoms with E-state index in [-0.39, 0.29) is 10.7 Å². The van der Waals surface area contributed by atoms with E-state index in [2.05, 4.69) is 15.3 Å². The van der Waals surface area contributed by atoms with Crippen LogP contribution < -0.4 is 5.32 Å². The van der Waals surface area contributed by atoms with E-state index >= 15 is 0 Å². The highest BCUT2D eigenvalue weighted by Crippen LogP contribution is 2.25. The Morgan fingerprint density at radius 2 is 2.00 bits per heavy atom. The topological polar surface area (TPSA) is 98.0 Å². The van der Waals surface area contributed by atoms with E-state index in [0.29, 0.717) is 13.0 Å². The van der Waals surface area contributed by atoms with Crippen molar-refractivity contribution in [3.8, 4) is 0 Å². The molecule has 0 spiro atoms. The molecule has 0 unspecified atom stereocenters. The fourth-order valence-electron chi connectivity index (χ4n) is 1.75. The maximum Gasteiger partial charge on any atom is 0.319 e. The lowest BCUT2D eigenvalue weighted by molar-refractivity contribution is -0.385. The fourth-order valence-corrected chi connectivity index (χ4v) is 1.98. The molecule has 2 aromatic heterocycles. The van der Waals surface area contributed by atoms with Crippen LogP contribution in [0.5, 0.6) is 0 Å². The lowest BCUT2D eigenvalue weighted by Crippen LogP contribution is -2.26. The number of carbonyl (C=O) groups excluding carboxylic acids is 1. The molecule has 7 nitrogen and oxygen atoms in total. The zero-order valence-electron chi connectivity index (χ0n) is 10.8. The highest BCUT2D eigenvalue weighted by Gasteiger charge is 2.24. The van der Waals surface area contributed by atoms with E-state index in [1.165, 1.54) is 12.3 Å². The van der Waals surface area contributed by atoms with Gasteiger partial charge in [-0.2, -0.15) is 0 Å². The number of hydrogen-bond donors (Lipinski definition) is 1. The normalized spacial score (nSPS) is 10.1. The van der Waals surface area contributed by atoms with Gasteiger partial charge in [-0.15, -0.1) is 0 Å². The Kier molecular flexibility index (Phi) is 4.78. The first-order chi connectivity index (χ1) is 10.1. The second-order valence-electron chi connectivity index (χ2n) is 4.12. The van der Waals surface area contributed by atoms with Gasteiger partial charge in [0.05, 0.1) is 4.92 Å². The first kappa shape index (κ1) is 14.9. The maximum absolute atomic E-state index is 12.0. The van der Waals surface area contributed by atoms with E-state index in [0.717, 1.165) is 5.56 Å². The zero-order valence-corrected chi connectivity index (χ0v) is 11.6. The molecule has 8 heteroatoms. The Bertz CT molecular complexity index is 664. The molecule has 2 heterocycles. The van der Waals surface area contributed by atoms with E-state index in [4.69, 9.17) is 11.6 Å². The predicted molar refractivity (Wildman–Crippen MR) is 76.2 cm³/mol. The van der Waals surface area contributed by atoms with Crippen molar-refractivity contribution in [2.75, 3.05) is 6.54 Å². The van der Waals surface area contributed by atoms with Crippen LogP contribution in [0.4, 0.5) is 5.69 Å². The summed E-state index contributed by atoms with van der Waals surface area (Å²) in [4.78, 5) is 29.7. The molecule has 0 aliphatic rings. The second-order valence-corrected chi connectivity index (χ2v) is 4.47. The number of hydrogen-bond acceptors (Lipinski definition) is 5. The highest BCUT2D eigenvalue weighted by molar-refractivity contribution is 6.32. The largest absolute Gasteiger partial charge is 0.351 e. The van der Waals surface area contributed by atoms with Crippen LogP contribution >= 0.6 is 11.6 Å². The number of halogens is 1. The number of carbonyl (C=O) groups is 1. The summed E-state index contributed by atoms with van der Waals surface area (Å²) >= 11 is 5.66. The second kappa shape index (κ2) is 6.76. The van der Waals surface area contributed by atoms with Crippen LogP contribution in [0.2, 0.25) is 5.15 Å². The van der Waals surface area contributed by atoms with Crippen molar-refractivity contribution in [1.82, 2.24) is 15.3 Å². The summed E-state index contributed by atoms with van der Waals surface area (Å²) in [6.07, 6.45) is 5.17. The first-order valence-electron chi connectivity index (χ1n) is 6.05. The maximum atomic E-state index is 12.0. The Hall–Kier alpha value is -2.54. The Morgan fingerprint density at radius 3 is 2.67 bits per heavy atom. The fraction of sp³-hybridized carbons (Fsp3) is 0.154. The van der Waals surface area contributed by atoms with E-state index < -0.39 is 16.5 Å². The molecule has 0 aliphatic heterocycles. The van der Waals surface area contributed by atoms with Crippen molar-refractivity contribution in [1.29, 1.82) is 0 Å². The van der Waals surface area contributed by atoms with Crippen LogP contribution in [0.25, 0.3) is 0 Å². The smallest absolute Gasteiger partial charge is 0.319 e. The third-order valence-electron chi connectivity index (χ3n) is 2.76. The summed E-state index contributed by atoms with van der Waals surface area (Å²) in [5, 5.41) is 13.3. The summed E-state index contributed by atoms with van der Waals surface area (Å²) < 4.78 is 0. The SMILES string of the molecule is O=C(NCCc1ccncc1)c1ccnc(Cl)c1[N+](=O)[O-]. The van der Waals surface area contributed by atoms with Gasteiger partial charge in [0.15, 0.2) is 0 Å². The Morgan fingerprint density at radius 1 is 1.29 bits per heavy atom. The standard InChI is InChI=1S/C13H11ClN4O3/c14-12-11(18(20)21)10(4-8-16-12)13(19)17-7-3-9-1-5-15-6-2-9/h1-2,4-6,8H,3,7H2,(H,17,19). The summed E-state index contributed by atoms with van der Waals surface area (Å²) in [5.74, 6) is -0.556. The third kappa shape index (κ3) is 3.73. The summed E-state index contributed by atoms with van der Waals surface area (Å²) in [5.41, 5.74) is 0.419. The summed E-state index contributed by atoms with van der Waals surface area (Å²) in [7, 11) is 0. The molecule has 1 N–H and O–H groups in total. The van der Waals surface area contributed by atoms with Crippen molar-refractivity contribution in [2.45, 2.75) is 6.42 Å². The summed E-state index contributed by atoms with van der Waals surface area (Å²) in [6.45, 7) is 0.347. The van der Waals surface area contributed by atoms with Gasteiger partial charge in [0.25, 0.3) is 5.91 Å². The van der Waals surface area contributed by atoms with Crippen LogP contribution in [-0.4, -0.2) is 27.3 Å². The van der Waals surface area contributed by atoms with Crippen molar-refractivity contribution in [3.63, 3.8) is 0 Å². The molecular weight excluding hydrogens is 296 g/mol. The molecule has 108 valence electrons. The number of nitrogens with zero attached hydrogens (tertiary/aromatic N) is 3. The quantitative estimate of drug-likeness (QED) is 0.517. The Balaban J connectivity index is 2.04. The van der Waals surface area contributed by atoms with E-state index in [1.807, 2.05) is 12.1 Å². The van der Waals surface area contributed by atoms with Gasteiger partial charge in [0.1, 0.15) is 5.56 Å². The minimum absolute atomic E-state index is 0.102. The van der Waals surface area contributed by atoms with Gasteiger partial charge in [-0.1, -0.05) is 11.6 Å². The van der Waals surface area contributed by atoms with Crippen molar-refractivity contribution in [3.05, 3.63) is 63.2 Å². The molecule has 2 rings (SSSR count). The molecule has 0 fully saturated rings. The Labute approximate surface area is 125 Å². The number of nitro groups is 1. The molecule has 0 aliphatic carbocycles. The average Bonchev–Trinajstić information content (AvgIpc) is 2.47. The number of amides is 1. The lowest BCUT2D eigenvalue weighted by Gasteiger charge is -2.06. The van der Waals surface area contributed by atoms with Crippen molar-refractivity contribution >= 4 is 23.2 Å². The van der Waals surface area contributed by atoms with Gasteiger partial charge >= 0.3 is 5.69 Å². The van der Waals surface area contributed by atoms with Crippen molar-refractivity contribution in [2.24, 2.45) is 0 Å². The van der Waals surface area contributed by atoms with Crippen LogP contribution in [-0.2, 0) is 6.42 Å². The van der Waals surface area contributed by atoms with Gasteiger partial charge in [-0.25, -0.2) is 4.98 Å². The van der Waals surface area contributed by atoms with Gasteiger partial charge in [-0.05, 0) is 30.2 Å². The molecule has 1 amide bonds. The van der Waals surface area contributed by atoms with E-state index in [9.17, 15) is 14.9 Å². The van der Waals surface area contributed by atoms with Gasteiger partial charge < -0.3 is 5.32 Å². The number of aromatic nitrogens is 2. The van der Waals surface area contributed by atoms with Crippen LogP contribution in [0.3, 0.4) is 0 Å². The molecule has 0 atom stereocenters. The molecule has 2 aromatic rings. The molecule has 0 bridgehead atoms. The average molecular weight is 307 g/mol. The molecular formula is C13H11ClN4O3. The molecule has 0 aromatic carbocycles. The minimum atomic E-state index is -0.715. The number of pyridine rings is 2. The zero-order chi connectivity index (χ0) is 15.2. The number of nitrogens with one attached hydrogen (secondary N) is 1. The van der Waals surface area contributed by atoms with E-state index in [1.54, 1.807) is 12.4 Å². The monoisotopic (exact) mass is 306 g/mol. The molecule has 0 saturated carbocycles. The number of rotatable bonds is 5. The predicted octanol–water partition coefficient (Wildman–Crippen LogP) is 2.01. The molecule has 21 heavy (non-hydrogen) atoms. The summed E-state index contributed by atoms with van der Waals surface area (Å²) in [6, 6.07) is 4.93. The van der Waals surface area contributed by atoms with Gasteiger partial charge in [-0.3, -0.25) is 19.9 Å².